The Labute approximate surface area is 195 Å². The highest BCUT2D eigenvalue weighted by molar-refractivity contribution is 7.85. The van der Waals surface area contributed by atoms with Gasteiger partial charge in [-0.2, -0.15) is 0 Å². The summed E-state index contributed by atoms with van der Waals surface area (Å²) in [5, 5.41) is 1.76. The molecule has 2 atom stereocenters. The highest BCUT2D eigenvalue weighted by atomic mass is 32.2. The van der Waals surface area contributed by atoms with Crippen LogP contribution in [0.15, 0.2) is 64.4 Å². The molecule has 0 N–H and O–H groups in total. The zero-order valence-corrected chi connectivity index (χ0v) is 22.2. The van der Waals surface area contributed by atoms with Crippen LogP contribution in [0.2, 0.25) is 10.1 Å². The molecule has 3 nitrogen and oxygen atoms in total. The molecular weight excluding hydrogens is 432 g/mol. The molecule has 32 heavy (non-hydrogen) atoms. The first-order valence-electron chi connectivity index (χ1n) is 11.3. The Bertz CT molecular complexity index is 1180. The van der Waals surface area contributed by atoms with Crippen molar-refractivity contribution in [1.29, 1.82) is 0 Å². The van der Waals surface area contributed by atoms with E-state index in [9.17, 15) is 4.21 Å². The lowest BCUT2D eigenvalue weighted by atomic mass is 9.97. The summed E-state index contributed by atoms with van der Waals surface area (Å²) in [6, 6.07) is 17.9. The first-order chi connectivity index (χ1) is 14.9. The predicted octanol–water partition coefficient (Wildman–Crippen LogP) is 7.83. The molecule has 3 aromatic rings. The summed E-state index contributed by atoms with van der Waals surface area (Å²) < 4.78 is 27.7. The van der Waals surface area contributed by atoms with Crippen molar-refractivity contribution in [2.75, 3.05) is 0 Å². The highest BCUT2D eigenvalue weighted by Crippen LogP contribution is 2.58. The fourth-order valence-electron chi connectivity index (χ4n) is 5.28. The van der Waals surface area contributed by atoms with E-state index < -0.39 is 19.4 Å². The fourth-order valence-corrected chi connectivity index (χ4v) is 11.4. The van der Waals surface area contributed by atoms with Crippen LogP contribution >= 0.6 is 0 Å². The van der Waals surface area contributed by atoms with Gasteiger partial charge in [0.1, 0.15) is 5.75 Å². The van der Waals surface area contributed by atoms with Crippen LogP contribution in [0.4, 0.5) is 0 Å². The van der Waals surface area contributed by atoms with Crippen molar-refractivity contribution >= 4 is 30.1 Å². The van der Waals surface area contributed by atoms with E-state index in [1.54, 1.807) is 0 Å². The van der Waals surface area contributed by atoms with Crippen LogP contribution in [0, 0.1) is 6.92 Å². The molecule has 1 aliphatic rings. The fraction of sp³-hybridized carbons (Fsp3) is 0.407. The molecular formula is C27H34O3SSi. The number of benzene rings is 3. The summed E-state index contributed by atoms with van der Waals surface area (Å²) in [7, 11) is -4.02. The van der Waals surface area contributed by atoms with E-state index in [2.05, 4.69) is 67.5 Å². The SMILES string of the molecule is Cc1c2c(c3ccccc3c1S(=O)c1ccccc1)O[Si](C(C)(C)C)(C(C)(C)C)OC2C. The van der Waals surface area contributed by atoms with E-state index in [0.717, 1.165) is 37.4 Å². The monoisotopic (exact) mass is 466 g/mol. The van der Waals surface area contributed by atoms with Gasteiger partial charge in [-0.15, -0.1) is 0 Å². The Balaban J connectivity index is 2.04. The lowest BCUT2D eigenvalue weighted by Gasteiger charge is -2.53. The molecule has 1 heterocycles. The molecule has 2 unspecified atom stereocenters. The molecule has 0 aliphatic carbocycles. The van der Waals surface area contributed by atoms with E-state index in [0.29, 0.717) is 0 Å². The van der Waals surface area contributed by atoms with Crippen molar-refractivity contribution in [3.05, 3.63) is 65.7 Å². The summed E-state index contributed by atoms with van der Waals surface area (Å²) in [5.74, 6) is 0.919. The maximum absolute atomic E-state index is 13.8. The first kappa shape index (κ1) is 23.2. The topological polar surface area (TPSA) is 35.5 Å². The van der Waals surface area contributed by atoms with Gasteiger partial charge in [0.15, 0.2) is 0 Å². The molecule has 5 heteroatoms. The van der Waals surface area contributed by atoms with Crippen molar-refractivity contribution in [3.8, 4) is 5.75 Å². The lowest BCUT2D eigenvalue weighted by molar-refractivity contribution is 0.109. The van der Waals surface area contributed by atoms with E-state index in [1.807, 2.05) is 42.5 Å². The Morgan fingerprint density at radius 2 is 1.38 bits per heavy atom. The van der Waals surface area contributed by atoms with E-state index in [1.165, 1.54) is 0 Å². The van der Waals surface area contributed by atoms with Crippen molar-refractivity contribution in [1.82, 2.24) is 0 Å². The quantitative estimate of drug-likeness (QED) is 0.361. The summed E-state index contributed by atoms with van der Waals surface area (Å²) in [4.78, 5) is 1.66. The Morgan fingerprint density at radius 1 is 0.844 bits per heavy atom. The van der Waals surface area contributed by atoms with E-state index >= 15 is 0 Å². The standard InChI is InChI=1S/C27H34O3SSi/c1-18-23-19(2)29-32(26(3,4)5,27(6,7)8)30-24(23)21-16-12-13-17-22(21)25(18)31(28)20-14-10-9-11-15-20/h9-17,19H,1-8H3. The van der Waals surface area contributed by atoms with E-state index in [-0.39, 0.29) is 16.2 Å². The summed E-state index contributed by atoms with van der Waals surface area (Å²) in [6.07, 6.45) is -0.139. The molecule has 0 spiro atoms. The Morgan fingerprint density at radius 3 is 1.94 bits per heavy atom. The average molecular weight is 467 g/mol. The van der Waals surface area contributed by atoms with Crippen LogP contribution in [0.3, 0.4) is 0 Å². The van der Waals surface area contributed by atoms with Gasteiger partial charge in [0, 0.05) is 31.3 Å². The molecule has 0 amide bonds. The zero-order valence-electron chi connectivity index (χ0n) is 20.4. The molecule has 170 valence electrons. The Hall–Kier alpha value is -1.95. The summed E-state index contributed by atoms with van der Waals surface area (Å²) in [6.45, 7) is 17.6. The van der Waals surface area contributed by atoms with E-state index in [4.69, 9.17) is 8.85 Å². The minimum atomic E-state index is -2.72. The van der Waals surface area contributed by atoms with Crippen LogP contribution in [0.25, 0.3) is 10.8 Å². The number of fused-ring (bicyclic) bond motifs is 3. The second-order valence-electron chi connectivity index (χ2n) is 10.8. The van der Waals surface area contributed by atoms with Crippen LogP contribution in [-0.2, 0) is 15.2 Å². The van der Waals surface area contributed by atoms with Crippen LogP contribution < -0.4 is 4.43 Å². The third kappa shape index (κ3) is 3.46. The van der Waals surface area contributed by atoms with Gasteiger partial charge in [0.25, 0.3) is 0 Å². The molecule has 0 bridgehead atoms. The van der Waals surface area contributed by atoms with Crippen molar-refractivity contribution in [3.63, 3.8) is 0 Å². The first-order valence-corrected chi connectivity index (χ1v) is 14.2. The van der Waals surface area contributed by atoms with Crippen molar-refractivity contribution in [2.45, 2.75) is 81.4 Å². The number of hydrogen-bond acceptors (Lipinski definition) is 3. The summed E-state index contributed by atoms with van der Waals surface area (Å²) in [5.41, 5.74) is 2.03. The van der Waals surface area contributed by atoms with Gasteiger partial charge in [0.2, 0.25) is 0 Å². The second-order valence-corrected chi connectivity index (χ2v) is 16.9. The smallest absolute Gasteiger partial charge is 0.410 e. The van der Waals surface area contributed by atoms with Gasteiger partial charge < -0.3 is 8.85 Å². The minimum absolute atomic E-state index is 0.127. The van der Waals surface area contributed by atoms with Gasteiger partial charge in [0.05, 0.1) is 21.8 Å². The zero-order chi connectivity index (χ0) is 23.5. The van der Waals surface area contributed by atoms with Crippen LogP contribution in [0.1, 0.15) is 65.7 Å². The van der Waals surface area contributed by atoms with Gasteiger partial charge in [-0.05, 0) is 31.5 Å². The minimum Gasteiger partial charge on any atom is -0.519 e. The maximum atomic E-state index is 13.8. The largest absolute Gasteiger partial charge is 0.519 e. The van der Waals surface area contributed by atoms with Gasteiger partial charge >= 0.3 is 8.56 Å². The van der Waals surface area contributed by atoms with Gasteiger partial charge in [-0.25, -0.2) is 4.21 Å². The molecule has 3 aromatic carbocycles. The predicted molar refractivity (Wildman–Crippen MR) is 135 cm³/mol. The normalized spacial score (nSPS) is 19.3. The molecule has 1 aliphatic heterocycles. The second kappa shape index (κ2) is 7.82. The lowest BCUT2D eigenvalue weighted by Crippen LogP contribution is -2.61. The molecule has 0 radical (unpaired) electrons. The molecule has 0 aromatic heterocycles. The van der Waals surface area contributed by atoms with Crippen molar-refractivity contribution in [2.24, 2.45) is 0 Å². The average Bonchev–Trinajstić information content (AvgIpc) is 2.72. The molecule has 4 rings (SSSR count). The van der Waals surface area contributed by atoms with Crippen LogP contribution in [0.5, 0.6) is 5.75 Å². The third-order valence-corrected chi connectivity index (χ3v) is 13.2. The van der Waals surface area contributed by atoms with Gasteiger partial charge in [-0.1, -0.05) is 84.0 Å². The molecule has 0 fully saturated rings. The highest BCUT2D eigenvalue weighted by Gasteiger charge is 2.63. The van der Waals surface area contributed by atoms with Crippen molar-refractivity contribution < 1.29 is 13.1 Å². The third-order valence-electron chi connectivity index (χ3n) is 6.52. The number of hydrogen-bond donors (Lipinski definition) is 0. The van der Waals surface area contributed by atoms with Gasteiger partial charge in [-0.3, -0.25) is 0 Å². The molecule has 0 saturated carbocycles. The number of rotatable bonds is 2. The van der Waals surface area contributed by atoms with Crippen LogP contribution in [-0.4, -0.2) is 12.8 Å². The Kier molecular flexibility index (Phi) is 5.67. The molecule has 0 saturated heterocycles. The maximum Gasteiger partial charge on any atom is 0.410 e. The summed E-state index contributed by atoms with van der Waals surface area (Å²) >= 11 is 0.